The normalized spacial score (nSPS) is 12.5. The van der Waals surface area contributed by atoms with Gasteiger partial charge in [-0.3, -0.25) is 9.13 Å². The van der Waals surface area contributed by atoms with Crippen molar-refractivity contribution >= 4 is 94.8 Å². The largest absolute Gasteiger partial charge is 0.308 e. The maximum atomic E-state index is 5.47. The van der Waals surface area contributed by atoms with Crippen LogP contribution in [0.15, 0.2) is 181 Å². The standard InChI is InChI=1S/C63H46N16S/c1-35(2)22-37-14-17-49-41(24-37)43-27-44-42-25-38(23-36(3)4)15-18-50(42)79(63-75-61(47-31-67-59-45(71-47)29-64-33-69-59)74-62(76-63)48-32-68-60-46(72-48)30-65-34-70-60)53(44)28-52(43)78(49)57-20-21-66-58(73-57)39-16-19-56-54(26-39)77(40-10-6-5-7-11-40)51-12-8-9-13-55(51)80-56/h5-21,24-36H,22-23H2,1-4H3. The molecule has 0 N–H and O–H groups in total. The maximum absolute atomic E-state index is 5.47. The zero-order valence-corrected chi connectivity index (χ0v) is 44.6. The van der Waals surface area contributed by atoms with Crippen molar-refractivity contribution < 1.29 is 0 Å². The third kappa shape index (κ3) is 8.11. The van der Waals surface area contributed by atoms with Gasteiger partial charge in [0.05, 0.1) is 58.2 Å². The molecule has 0 amide bonds. The topological polar surface area (TPSA) is 181 Å². The molecule has 15 rings (SSSR count). The summed E-state index contributed by atoms with van der Waals surface area (Å²) in [5.74, 6) is 3.15. The molecule has 6 aromatic carbocycles. The van der Waals surface area contributed by atoms with Crippen LogP contribution in [0.25, 0.3) is 112 Å². The van der Waals surface area contributed by atoms with Crippen LogP contribution in [0.1, 0.15) is 38.8 Å². The quantitative estimate of drug-likeness (QED) is 0.126. The summed E-state index contributed by atoms with van der Waals surface area (Å²) in [7, 11) is 0. The average Bonchev–Trinajstić information content (AvgIpc) is 4.17. The fraction of sp³-hybridized carbons (Fsp3) is 0.127. The number of para-hydroxylation sites is 2. The zero-order chi connectivity index (χ0) is 53.6. The summed E-state index contributed by atoms with van der Waals surface area (Å²) in [5, 5.41) is 4.33. The molecule has 0 spiro atoms. The van der Waals surface area contributed by atoms with Gasteiger partial charge in [0.2, 0.25) is 5.95 Å². The van der Waals surface area contributed by atoms with E-state index in [1.165, 1.54) is 28.7 Å². The first-order valence-electron chi connectivity index (χ1n) is 26.5. The van der Waals surface area contributed by atoms with Gasteiger partial charge < -0.3 is 4.90 Å². The molecule has 80 heavy (non-hydrogen) atoms. The minimum absolute atomic E-state index is 0.277. The van der Waals surface area contributed by atoms with E-state index in [2.05, 4.69) is 193 Å². The fourth-order valence-electron chi connectivity index (χ4n) is 11.1. The molecule has 0 fully saturated rings. The first-order chi connectivity index (χ1) is 39.2. The van der Waals surface area contributed by atoms with Crippen molar-refractivity contribution in [3.05, 3.63) is 182 Å². The van der Waals surface area contributed by atoms with Crippen LogP contribution in [0.3, 0.4) is 0 Å². The van der Waals surface area contributed by atoms with Crippen LogP contribution in [0.4, 0.5) is 17.1 Å². The molecule has 17 heteroatoms. The predicted molar refractivity (Wildman–Crippen MR) is 314 cm³/mol. The number of benzene rings is 6. The lowest BCUT2D eigenvalue weighted by Gasteiger charge is -2.33. The van der Waals surface area contributed by atoms with Crippen LogP contribution in [-0.2, 0) is 12.8 Å². The monoisotopic (exact) mass is 1060 g/mol. The van der Waals surface area contributed by atoms with Crippen molar-refractivity contribution in [2.24, 2.45) is 11.8 Å². The summed E-state index contributed by atoms with van der Waals surface area (Å²) in [6.07, 6.45) is 13.1. The molecule has 0 unspecified atom stereocenters. The van der Waals surface area contributed by atoms with E-state index in [9.17, 15) is 0 Å². The Balaban J connectivity index is 0.969. The lowest BCUT2D eigenvalue weighted by atomic mass is 9.99. The molecule has 9 heterocycles. The average molecular weight is 1060 g/mol. The predicted octanol–water partition coefficient (Wildman–Crippen LogP) is 13.7. The lowest BCUT2D eigenvalue weighted by molar-refractivity contribution is 0.647. The highest BCUT2D eigenvalue weighted by Gasteiger charge is 2.27. The Hall–Kier alpha value is -10.0. The number of rotatable bonds is 10. The first-order valence-corrected chi connectivity index (χ1v) is 27.3. The van der Waals surface area contributed by atoms with Gasteiger partial charge >= 0.3 is 0 Å². The molecular weight excluding hydrogens is 1010 g/mol. The molecule has 0 radical (unpaired) electrons. The van der Waals surface area contributed by atoms with Gasteiger partial charge in [-0.15, -0.1) is 0 Å². The number of aromatic nitrogens is 15. The minimum Gasteiger partial charge on any atom is -0.308 e. The summed E-state index contributed by atoms with van der Waals surface area (Å²) in [4.78, 5) is 66.8. The van der Waals surface area contributed by atoms with Gasteiger partial charge in [-0.2, -0.15) is 9.97 Å². The molecule has 0 aliphatic carbocycles. The van der Waals surface area contributed by atoms with Gasteiger partial charge in [-0.05, 0) is 121 Å². The number of anilines is 3. The van der Waals surface area contributed by atoms with E-state index >= 15 is 0 Å². The molecule has 1 aliphatic rings. The molecule has 14 aromatic rings. The highest BCUT2D eigenvalue weighted by atomic mass is 32.2. The van der Waals surface area contributed by atoms with Crippen molar-refractivity contribution in [2.45, 2.75) is 50.3 Å². The molecule has 16 nitrogen and oxygen atoms in total. The second kappa shape index (κ2) is 18.9. The molecular formula is C63H46N16S. The van der Waals surface area contributed by atoms with Gasteiger partial charge in [-0.1, -0.05) is 81.9 Å². The van der Waals surface area contributed by atoms with Gasteiger partial charge in [-0.25, -0.2) is 54.8 Å². The number of nitrogens with zero attached hydrogens (tertiary/aromatic N) is 16. The second-order valence-electron chi connectivity index (χ2n) is 20.9. The molecule has 0 saturated heterocycles. The van der Waals surface area contributed by atoms with E-state index < -0.39 is 0 Å². The number of hydrogen-bond donors (Lipinski definition) is 0. The first kappa shape index (κ1) is 47.2. The van der Waals surface area contributed by atoms with Gasteiger partial charge in [0.25, 0.3) is 0 Å². The Morgan fingerprint density at radius 3 is 1.71 bits per heavy atom. The van der Waals surface area contributed by atoms with Gasteiger partial charge in [0.1, 0.15) is 40.9 Å². The lowest BCUT2D eigenvalue weighted by Crippen LogP contribution is -2.14. The van der Waals surface area contributed by atoms with Crippen molar-refractivity contribution in [1.82, 2.24) is 73.9 Å². The summed E-state index contributed by atoms with van der Waals surface area (Å²) < 4.78 is 4.39. The zero-order valence-electron chi connectivity index (χ0n) is 43.8. The molecule has 0 bridgehead atoms. The van der Waals surface area contributed by atoms with E-state index in [4.69, 9.17) is 34.9 Å². The SMILES string of the molecule is CC(C)Cc1ccc2c(c1)c1cc3c4cc(CC(C)C)ccc4n(-c4nc(-c5cnc6ncncc6n5)nc(-c5cnc6ncncc6n5)n4)c3cc1n2-c1ccnc(-c2ccc3c(c2)N(c2ccccc2)c2ccccc2S3)n1. The molecule has 384 valence electrons. The molecule has 0 atom stereocenters. The Kier molecular flexibility index (Phi) is 11.1. The Morgan fingerprint density at radius 1 is 0.450 bits per heavy atom. The van der Waals surface area contributed by atoms with Crippen LogP contribution >= 0.6 is 11.8 Å². The van der Waals surface area contributed by atoms with E-state index in [1.54, 1.807) is 36.5 Å². The highest BCUT2D eigenvalue weighted by molar-refractivity contribution is 7.99. The Bertz CT molecular complexity index is 4710. The van der Waals surface area contributed by atoms with Crippen LogP contribution in [0.2, 0.25) is 0 Å². The van der Waals surface area contributed by atoms with Crippen molar-refractivity contribution in [3.8, 4) is 46.2 Å². The second-order valence-corrected chi connectivity index (χ2v) is 22.0. The smallest absolute Gasteiger partial charge is 0.238 e. The van der Waals surface area contributed by atoms with Crippen molar-refractivity contribution in [2.75, 3.05) is 4.90 Å². The van der Waals surface area contributed by atoms with Gasteiger partial charge in [0.15, 0.2) is 28.8 Å². The maximum Gasteiger partial charge on any atom is 0.238 e. The summed E-state index contributed by atoms with van der Waals surface area (Å²) in [5.41, 5.74) is 13.2. The third-order valence-corrected chi connectivity index (χ3v) is 15.6. The number of fused-ring (bicyclic) bond motifs is 10. The molecule has 1 aliphatic heterocycles. The van der Waals surface area contributed by atoms with Crippen LogP contribution in [0, 0.1) is 11.8 Å². The number of hydrogen-bond acceptors (Lipinski definition) is 15. The van der Waals surface area contributed by atoms with E-state index in [0.29, 0.717) is 57.3 Å². The van der Waals surface area contributed by atoms with E-state index in [0.717, 1.165) is 89.8 Å². The summed E-state index contributed by atoms with van der Waals surface area (Å²) >= 11 is 1.78. The summed E-state index contributed by atoms with van der Waals surface area (Å²) in [6, 6.07) is 45.8. The van der Waals surface area contributed by atoms with Crippen LogP contribution in [0.5, 0.6) is 0 Å². The van der Waals surface area contributed by atoms with Gasteiger partial charge in [0, 0.05) is 48.8 Å². The third-order valence-electron chi connectivity index (χ3n) is 14.5. The molecule has 0 saturated carbocycles. The van der Waals surface area contributed by atoms with Crippen molar-refractivity contribution in [1.29, 1.82) is 0 Å². The Labute approximate surface area is 461 Å². The molecule has 8 aromatic heterocycles. The van der Waals surface area contributed by atoms with E-state index in [-0.39, 0.29) is 11.6 Å². The van der Waals surface area contributed by atoms with Crippen LogP contribution in [-0.4, -0.2) is 73.9 Å². The summed E-state index contributed by atoms with van der Waals surface area (Å²) in [6.45, 7) is 9.03. The minimum atomic E-state index is 0.277. The highest BCUT2D eigenvalue weighted by Crippen LogP contribution is 2.52. The van der Waals surface area contributed by atoms with E-state index in [1.807, 2.05) is 12.3 Å². The van der Waals surface area contributed by atoms with Crippen molar-refractivity contribution in [3.63, 3.8) is 0 Å². The van der Waals surface area contributed by atoms with Crippen LogP contribution < -0.4 is 4.90 Å². The fourth-order valence-corrected chi connectivity index (χ4v) is 12.1. The Morgan fingerprint density at radius 2 is 1.05 bits per heavy atom.